The fraction of sp³-hybridized carbons (Fsp3) is 0.800. The van der Waals surface area contributed by atoms with Gasteiger partial charge in [0.05, 0.1) is 24.4 Å². The number of nitrogens with zero attached hydrogens (tertiary/aromatic N) is 2. The Morgan fingerprint density at radius 3 is 2.80 bits per heavy atom. The smallest absolute Gasteiger partial charge is 0.186 e. The van der Waals surface area contributed by atoms with Crippen molar-refractivity contribution in [3.8, 4) is 0 Å². The van der Waals surface area contributed by atoms with E-state index in [4.69, 9.17) is 15.5 Å². The maximum atomic E-state index is 6.36. The number of fused-ring (bicyclic) bond motifs is 1. The van der Waals surface area contributed by atoms with E-state index in [1.807, 2.05) is 0 Å². The van der Waals surface area contributed by atoms with Gasteiger partial charge in [-0.25, -0.2) is 4.98 Å². The van der Waals surface area contributed by atoms with Gasteiger partial charge in [0.25, 0.3) is 0 Å². The molecule has 2 heterocycles. The lowest BCUT2D eigenvalue weighted by atomic mass is 9.77. The molecular formula is C15H25N3OS. The van der Waals surface area contributed by atoms with Crippen LogP contribution in [0.25, 0.3) is 0 Å². The molecule has 4 nitrogen and oxygen atoms in total. The van der Waals surface area contributed by atoms with Crippen LogP contribution in [0.1, 0.15) is 50.7 Å². The van der Waals surface area contributed by atoms with Crippen LogP contribution in [0, 0.1) is 5.41 Å². The summed E-state index contributed by atoms with van der Waals surface area (Å²) in [7, 11) is 0. The van der Waals surface area contributed by atoms with Crippen molar-refractivity contribution in [2.45, 2.75) is 52.1 Å². The molecular weight excluding hydrogens is 270 g/mol. The van der Waals surface area contributed by atoms with E-state index in [0.717, 1.165) is 37.7 Å². The molecule has 0 bridgehead atoms. The molecule has 1 aromatic heterocycles. The van der Waals surface area contributed by atoms with Gasteiger partial charge in [0.15, 0.2) is 5.13 Å². The SMILES string of the molecule is CC1(C)Cc2nc(N3CCOCC3(C)C)sc2C(N)C1. The number of hydrogen-bond donors (Lipinski definition) is 1. The fourth-order valence-electron chi connectivity index (χ4n) is 3.31. The van der Waals surface area contributed by atoms with Crippen molar-refractivity contribution >= 4 is 16.5 Å². The third-order valence-electron chi connectivity index (χ3n) is 4.35. The molecule has 5 heteroatoms. The number of thiazole rings is 1. The van der Waals surface area contributed by atoms with Gasteiger partial charge in [-0.1, -0.05) is 25.2 Å². The Bertz CT molecular complexity index is 509. The molecule has 1 aromatic rings. The average molecular weight is 295 g/mol. The standard InChI is InChI=1S/C15H25N3OS/c1-14(2)7-10(16)12-11(8-14)17-13(20-12)18-5-6-19-9-15(18,3)4/h10H,5-9,16H2,1-4H3. The summed E-state index contributed by atoms with van der Waals surface area (Å²) >= 11 is 1.79. The van der Waals surface area contributed by atoms with Crippen LogP contribution in [0.15, 0.2) is 0 Å². The molecule has 112 valence electrons. The Balaban J connectivity index is 1.94. The van der Waals surface area contributed by atoms with Crippen molar-refractivity contribution in [2.24, 2.45) is 11.1 Å². The van der Waals surface area contributed by atoms with Gasteiger partial charge in [0.2, 0.25) is 0 Å². The van der Waals surface area contributed by atoms with Gasteiger partial charge in [-0.2, -0.15) is 0 Å². The molecule has 0 radical (unpaired) electrons. The summed E-state index contributed by atoms with van der Waals surface area (Å²) in [5.74, 6) is 0. The van der Waals surface area contributed by atoms with Gasteiger partial charge in [0.1, 0.15) is 0 Å². The maximum absolute atomic E-state index is 6.36. The second-order valence-corrected chi connectivity index (χ2v) is 8.48. The first kappa shape index (κ1) is 14.3. The highest BCUT2D eigenvalue weighted by atomic mass is 32.1. The minimum absolute atomic E-state index is 0.0122. The van der Waals surface area contributed by atoms with Crippen LogP contribution in [-0.2, 0) is 11.2 Å². The lowest BCUT2D eigenvalue weighted by molar-refractivity contribution is 0.0643. The highest BCUT2D eigenvalue weighted by Crippen LogP contribution is 2.44. The summed E-state index contributed by atoms with van der Waals surface area (Å²) in [6, 6.07) is 0.143. The molecule has 2 N–H and O–H groups in total. The highest BCUT2D eigenvalue weighted by molar-refractivity contribution is 7.15. The molecule has 0 spiro atoms. The van der Waals surface area contributed by atoms with Crippen molar-refractivity contribution < 1.29 is 4.74 Å². The highest BCUT2D eigenvalue weighted by Gasteiger charge is 2.37. The molecule has 1 aliphatic heterocycles. The predicted octanol–water partition coefficient (Wildman–Crippen LogP) is 2.73. The number of aromatic nitrogens is 1. The molecule has 1 atom stereocenters. The Kier molecular flexibility index (Phi) is 3.35. The van der Waals surface area contributed by atoms with E-state index in [-0.39, 0.29) is 17.0 Å². The lowest BCUT2D eigenvalue weighted by Gasteiger charge is -2.42. The van der Waals surface area contributed by atoms with Crippen molar-refractivity contribution in [1.82, 2.24) is 4.98 Å². The molecule has 1 unspecified atom stereocenters. The minimum Gasteiger partial charge on any atom is -0.377 e. The van der Waals surface area contributed by atoms with Crippen molar-refractivity contribution in [3.05, 3.63) is 10.6 Å². The number of rotatable bonds is 1. The third-order valence-corrected chi connectivity index (χ3v) is 5.60. The zero-order chi connectivity index (χ0) is 14.5. The van der Waals surface area contributed by atoms with E-state index >= 15 is 0 Å². The first-order valence-corrected chi connectivity index (χ1v) is 8.21. The first-order valence-electron chi connectivity index (χ1n) is 7.39. The van der Waals surface area contributed by atoms with E-state index in [2.05, 4.69) is 32.6 Å². The molecule has 0 amide bonds. The minimum atomic E-state index is 0.0122. The van der Waals surface area contributed by atoms with E-state index in [9.17, 15) is 0 Å². The summed E-state index contributed by atoms with van der Waals surface area (Å²) in [4.78, 5) is 8.61. The van der Waals surface area contributed by atoms with Gasteiger partial charge in [-0.15, -0.1) is 0 Å². The molecule has 1 aliphatic carbocycles. The van der Waals surface area contributed by atoms with Gasteiger partial charge < -0.3 is 15.4 Å². The Hall–Kier alpha value is -0.650. The van der Waals surface area contributed by atoms with Crippen molar-refractivity contribution in [2.75, 3.05) is 24.7 Å². The zero-order valence-corrected chi connectivity index (χ0v) is 13.7. The van der Waals surface area contributed by atoms with Gasteiger partial charge in [0, 0.05) is 17.5 Å². The molecule has 1 fully saturated rings. The second-order valence-electron chi connectivity index (χ2n) is 7.48. The van der Waals surface area contributed by atoms with Crippen LogP contribution in [-0.4, -0.2) is 30.3 Å². The summed E-state index contributed by atoms with van der Waals surface area (Å²) < 4.78 is 5.60. The predicted molar refractivity (Wildman–Crippen MR) is 83.4 cm³/mol. The average Bonchev–Trinajstić information content (AvgIpc) is 2.70. The van der Waals surface area contributed by atoms with Gasteiger partial charge in [-0.3, -0.25) is 0 Å². The van der Waals surface area contributed by atoms with Crippen LogP contribution in [0.2, 0.25) is 0 Å². The number of nitrogens with two attached hydrogens (primary N) is 1. The molecule has 1 saturated heterocycles. The Morgan fingerprint density at radius 2 is 2.10 bits per heavy atom. The number of hydrogen-bond acceptors (Lipinski definition) is 5. The summed E-state index contributed by atoms with van der Waals surface area (Å²) in [5.41, 5.74) is 7.85. The van der Waals surface area contributed by atoms with Crippen LogP contribution in [0.4, 0.5) is 5.13 Å². The largest absolute Gasteiger partial charge is 0.377 e. The first-order chi connectivity index (χ1) is 9.28. The number of morpholine rings is 1. The number of anilines is 1. The van der Waals surface area contributed by atoms with E-state index in [1.54, 1.807) is 11.3 Å². The lowest BCUT2D eigenvalue weighted by Crippen LogP contribution is -2.53. The summed E-state index contributed by atoms with van der Waals surface area (Å²) in [6.45, 7) is 11.5. The van der Waals surface area contributed by atoms with E-state index in [0.29, 0.717) is 0 Å². The normalized spacial score (nSPS) is 28.2. The van der Waals surface area contributed by atoms with E-state index < -0.39 is 0 Å². The maximum Gasteiger partial charge on any atom is 0.186 e. The third kappa shape index (κ3) is 2.47. The monoisotopic (exact) mass is 295 g/mol. The Morgan fingerprint density at radius 1 is 1.35 bits per heavy atom. The number of ether oxygens (including phenoxy) is 1. The molecule has 0 saturated carbocycles. The fourth-order valence-corrected chi connectivity index (χ4v) is 4.58. The van der Waals surface area contributed by atoms with Gasteiger partial charge >= 0.3 is 0 Å². The quantitative estimate of drug-likeness (QED) is 0.865. The Labute approximate surface area is 125 Å². The topological polar surface area (TPSA) is 51.4 Å². The van der Waals surface area contributed by atoms with Crippen molar-refractivity contribution in [1.29, 1.82) is 0 Å². The van der Waals surface area contributed by atoms with Crippen LogP contribution in [0.3, 0.4) is 0 Å². The van der Waals surface area contributed by atoms with E-state index in [1.165, 1.54) is 10.6 Å². The summed E-state index contributed by atoms with van der Waals surface area (Å²) in [6.07, 6.45) is 2.09. The van der Waals surface area contributed by atoms with Crippen LogP contribution in [0.5, 0.6) is 0 Å². The molecule has 20 heavy (non-hydrogen) atoms. The second kappa shape index (κ2) is 4.68. The molecule has 0 aromatic carbocycles. The van der Waals surface area contributed by atoms with Gasteiger partial charge in [-0.05, 0) is 32.1 Å². The summed E-state index contributed by atoms with van der Waals surface area (Å²) in [5, 5.41) is 1.12. The zero-order valence-electron chi connectivity index (χ0n) is 12.9. The molecule has 2 aliphatic rings. The molecule has 3 rings (SSSR count). The van der Waals surface area contributed by atoms with Crippen molar-refractivity contribution in [3.63, 3.8) is 0 Å². The van der Waals surface area contributed by atoms with Crippen LogP contribution < -0.4 is 10.6 Å². The van der Waals surface area contributed by atoms with Crippen LogP contribution >= 0.6 is 11.3 Å².